The summed E-state index contributed by atoms with van der Waals surface area (Å²) in [6.45, 7) is 2.63. The van der Waals surface area contributed by atoms with E-state index in [0.29, 0.717) is 43.9 Å². The number of anilines is 10. The summed E-state index contributed by atoms with van der Waals surface area (Å²) in [4.78, 5) is 102. The lowest BCUT2D eigenvalue weighted by molar-refractivity contribution is 0.0591. The molecule has 0 aliphatic heterocycles. The van der Waals surface area contributed by atoms with Crippen molar-refractivity contribution in [3.8, 4) is 0 Å². The summed E-state index contributed by atoms with van der Waals surface area (Å²) < 4.78 is 101. The van der Waals surface area contributed by atoms with Gasteiger partial charge in [-0.1, -0.05) is 171 Å². The number of halogens is 7. The number of ketones is 2. The molecule has 0 aromatic heterocycles. The van der Waals surface area contributed by atoms with Crippen LogP contribution in [0.1, 0.15) is 107 Å². The maximum absolute atomic E-state index is 12.3. The Kier molecular flexibility index (Phi) is 41.2. The van der Waals surface area contributed by atoms with E-state index in [1.165, 1.54) is 89.1 Å². The summed E-state index contributed by atoms with van der Waals surface area (Å²) in [6.07, 6.45) is 3.18. The Hall–Kier alpha value is -11.0. The van der Waals surface area contributed by atoms with Crippen molar-refractivity contribution >= 4 is 265 Å². The number of nitrogens with one attached hydrogen (secondary N) is 2. The lowest BCUT2D eigenvalue weighted by Gasteiger charge is -2.23. The lowest BCUT2D eigenvalue weighted by Crippen LogP contribution is -2.25. The fourth-order valence-electron chi connectivity index (χ4n) is 11.0. The predicted molar refractivity (Wildman–Crippen MR) is 525 cm³/mol. The van der Waals surface area contributed by atoms with E-state index in [0.717, 1.165) is 75.2 Å². The molecular formula is C90H78Br5I2N5O22S3. The van der Waals surface area contributed by atoms with Crippen LogP contribution in [0.25, 0.3) is 0 Å². The van der Waals surface area contributed by atoms with E-state index in [9.17, 15) is 73.5 Å². The zero-order chi connectivity index (χ0) is 94.2. The first-order chi connectivity index (χ1) is 59.8. The van der Waals surface area contributed by atoms with Gasteiger partial charge >= 0.3 is 41.8 Å². The molecule has 127 heavy (non-hydrogen) atoms. The Morgan fingerprint density at radius 3 is 0.795 bits per heavy atom. The number of rotatable bonds is 22. The molecule has 0 heterocycles. The second-order valence-corrected chi connectivity index (χ2v) is 38.6. The molecule has 0 amide bonds. The van der Waals surface area contributed by atoms with Gasteiger partial charge in [0, 0.05) is 63.4 Å². The lowest BCUT2D eigenvalue weighted by atomic mass is 10.1. The van der Waals surface area contributed by atoms with Gasteiger partial charge in [-0.05, 0) is 247 Å². The highest BCUT2D eigenvalue weighted by molar-refractivity contribution is 14.1. The minimum Gasteiger partial charge on any atom is -0.478 e. The number of ether oxygens (including phenoxy) is 4. The summed E-state index contributed by atoms with van der Waals surface area (Å²) in [5, 5.41) is 33.1. The minimum atomic E-state index is -3.73. The van der Waals surface area contributed by atoms with E-state index < -0.39 is 59.9 Å². The third-order valence-corrected chi connectivity index (χ3v) is 23.1. The highest BCUT2D eigenvalue weighted by Gasteiger charge is 2.27. The maximum Gasteiger partial charge on any atom is 0.337 e. The van der Waals surface area contributed by atoms with Crippen molar-refractivity contribution in [3.63, 3.8) is 0 Å². The second kappa shape index (κ2) is 49.9. The fourth-order valence-corrected chi connectivity index (χ4v) is 18.6. The van der Waals surface area contributed by atoms with Crippen molar-refractivity contribution in [1.82, 2.24) is 0 Å². The number of carbonyl (C=O) groups excluding carboxylic acids is 6. The number of carboxylic acids is 3. The Bertz CT molecular complexity index is 6250. The maximum atomic E-state index is 12.3. The molecule has 12 aromatic rings. The van der Waals surface area contributed by atoms with Crippen LogP contribution in [0, 0.1) is 7.14 Å². The van der Waals surface area contributed by atoms with E-state index in [2.05, 4.69) is 150 Å². The van der Waals surface area contributed by atoms with E-state index in [-0.39, 0.29) is 68.3 Å². The highest BCUT2D eigenvalue weighted by Crippen LogP contribution is 2.36. The molecular weight excluding hydrogens is 2250 g/mol. The average molecular weight is 2330 g/mol. The van der Waals surface area contributed by atoms with Crippen molar-refractivity contribution in [2.45, 2.75) is 13.8 Å². The van der Waals surface area contributed by atoms with Crippen molar-refractivity contribution in [2.75, 3.05) is 70.8 Å². The normalized spacial score (nSPS) is 10.5. The Labute approximate surface area is 802 Å². The van der Waals surface area contributed by atoms with Crippen LogP contribution in [0.4, 0.5) is 56.9 Å². The third kappa shape index (κ3) is 34.3. The number of aromatic carboxylic acids is 3. The van der Waals surface area contributed by atoms with Gasteiger partial charge in [0.2, 0.25) is 30.1 Å². The summed E-state index contributed by atoms with van der Waals surface area (Å²) in [5.41, 5.74) is 7.52. The van der Waals surface area contributed by atoms with Gasteiger partial charge in [-0.2, -0.15) is 0 Å². The predicted octanol–water partition coefficient (Wildman–Crippen LogP) is 22.3. The number of hydrogen-bond donors (Lipinski definition) is 5. The molecule has 0 spiro atoms. The quantitative estimate of drug-likeness (QED) is 0.0182. The number of para-hydroxylation sites is 5. The number of Topliss-reactive ketones (excluding diaryl/α,β-unsaturated/α-hetero) is 2. The summed E-state index contributed by atoms with van der Waals surface area (Å²) in [7, 11) is -5.77. The molecule has 27 nitrogen and oxygen atoms in total. The molecule has 5 N–H and O–H groups in total. The number of carbonyl (C=O) groups is 9. The van der Waals surface area contributed by atoms with Gasteiger partial charge in [0.05, 0.1) is 120 Å². The Balaban J connectivity index is 0.000000232. The number of methoxy groups -OCH3 is 4. The number of nitrogens with zero attached hydrogens (tertiary/aromatic N) is 3. The standard InChI is InChI=1S/C17H17NO5S.C16H15NO5S.C15H14BrNO4S.C14H12BrNO2.C13H10BrNO2.C8H6BrIO2.C7H4BrIO2/c1-12(19)13-9-14(17(20)23-2)11-16(10-13)18(24(3,21)22)15-7-5-4-6-8-15;1-11(18)12-8-13(16(19)20)10-15(9-12)17(23(2,21)22)14-6-4-3-5-7-14;1-21-15(18)11-8-12(16)10-14(9-11)17(22(2,19)20)13-6-4-3-5-7-13;1-18-14(17)10-7-11(15)9-13(8-10)16-12-5-3-2-4-6-12;14-10-6-9(13(16)17)7-12(8-10)15-11-4-2-1-3-5-11;1-12-8(11)5-2-6(9)4-7(10)3-5;8-5-1-4(7(10)11)2-6(9)3-5/h4-11H,1-3H3;3-10H,1-2H3,(H,19,20);3-10H,1-2H3;2-9,16H,1H3;1-8,15H,(H,16,17);2-4H,1H3;1-3H,(H,10,11). The Morgan fingerprint density at radius 1 is 0.276 bits per heavy atom. The molecule has 12 aromatic carbocycles. The number of hydrogen-bond acceptors (Lipinski definition) is 21. The van der Waals surface area contributed by atoms with Crippen molar-refractivity contribution in [2.24, 2.45) is 0 Å². The molecule has 12 rings (SSSR count). The largest absolute Gasteiger partial charge is 0.478 e. The molecule has 0 radical (unpaired) electrons. The molecule has 0 bridgehead atoms. The van der Waals surface area contributed by atoms with E-state index >= 15 is 0 Å². The number of sulfonamides is 3. The molecule has 0 saturated heterocycles. The number of benzene rings is 12. The number of esters is 4. The zero-order valence-electron chi connectivity index (χ0n) is 68.4. The monoisotopic (exact) mass is 2320 g/mol. The zero-order valence-corrected chi connectivity index (χ0v) is 83.1. The van der Waals surface area contributed by atoms with Gasteiger partial charge < -0.3 is 44.9 Å². The van der Waals surface area contributed by atoms with Crippen LogP contribution in [0.15, 0.2) is 301 Å². The first kappa shape index (κ1) is 105. The van der Waals surface area contributed by atoms with Crippen molar-refractivity contribution in [1.29, 1.82) is 0 Å². The van der Waals surface area contributed by atoms with Gasteiger partial charge in [-0.15, -0.1) is 0 Å². The fraction of sp³-hybridized carbons (Fsp3) is 0.100. The SMILES string of the molecule is CC(=O)c1cc(C(=O)O)cc(N(c2ccccc2)S(C)(=O)=O)c1.COC(=O)c1cc(Br)cc(I)c1.COC(=O)c1cc(Br)cc(N(c2ccccc2)S(C)(=O)=O)c1.COC(=O)c1cc(Br)cc(Nc2ccccc2)c1.COC(=O)c1cc(C(C)=O)cc(N(c2ccccc2)S(C)(=O)=O)c1.O=C(O)c1cc(Br)cc(I)c1.O=C(O)c1cc(Br)cc(Nc2ccccc2)c1. The molecule has 0 aliphatic rings. The van der Waals surface area contributed by atoms with Gasteiger partial charge in [-0.25, -0.2) is 71.7 Å². The minimum absolute atomic E-state index is 0.101. The molecule has 0 fully saturated rings. The summed E-state index contributed by atoms with van der Waals surface area (Å²) in [6, 6.07) is 78.2. The van der Waals surface area contributed by atoms with Crippen LogP contribution in [-0.2, 0) is 49.0 Å². The van der Waals surface area contributed by atoms with Crippen LogP contribution in [0.5, 0.6) is 0 Å². The molecule has 37 heteroatoms. The highest BCUT2D eigenvalue weighted by atomic mass is 127. The molecule has 0 atom stereocenters. The van der Waals surface area contributed by atoms with Crippen LogP contribution in [0.2, 0.25) is 0 Å². The van der Waals surface area contributed by atoms with E-state index in [1.54, 1.807) is 152 Å². The first-order valence-electron chi connectivity index (χ1n) is 36.3. The third-order valence-electron chi connectivity index (χ3n) is 16.3. The average Bonchev–Trinajstić information content (AvgIpc) is 0.797. The van der Waals surface area contributed by atoms with Crippen LogP contribution < -0.4 is 23.5 Å². The smallest absolute Gasteiger partial charge is 0.337 e. The number of carboxylic acid groups (broad SMARTS) is 3. The van der Waals surface area contributed by atoms with Crippen molar-refractivity contribution < 1.29 is 103 Å². The van der Waals surface area contributed by atoms with Gasteiger partial charge in [-0.3, -0.25) is 9.59 Å². The summed E-state index contributed by atoms with van der Waals surface area (Å²) >= 11 is 20.7. The second-order valence-electron chi connectivity index (χ2n) is 26.1. The molecule has 662 valence electrons. The van der Waals surface area contributed by atoms with Crippen LogP contribution in [-0.4, -0.2) is 141 Å². The van der Waals surface area contributed by atoms with Crippen LogP contribution in [0.3, 0.4) is 0 Å². The van der Waals surface area contributed by atoms with Gasteiger partial charge in [0.1, 0.15) is 0 Å². The van der Waals surface area contributed by atoms with E-state index in [4.69, 9.17) is 14.9 Å². The van der Waals surface area contributed by atoms with Gasteiger partial charge in [0.25, 0.3) is 0 Å². The van der Waals surface area contributed by atoms with Crippen LogP contribution >= 0.6 is 125 Å². The van der Waals surface area contributed by atoms with Gasteiger partial charge in [0.15, 0.2) is 11.6 Å². The Morgan fingerprint density at radius 2 is 0.496 bits per heavy atom. The molecule has 0 aliphatic carbocycles. The molecule has 0 saturated carbocycles. The molecule has 0 unspecified atom stereocenters. The summed E-state index contributed by atoms with van der Waals surface area (Å²) in [5.74, 6) is -5.58. The van der Waals surface area contributed by atoms with Crippen molar-refractivity contribution in [3.05, 3.63) is 359 Å². The first-order valence-corrected chi connectivity index (χ1v) is 48.0. The topological polar surface area (TPSA) is 387 Å². The van der Waals surface area contributed by atoms with E-state index in [1.807, 2.05) is 84.9 Å².